The number of hydrogen-bond acceptors (Lipinski definition) is 2. The van der Waals surface area contributed by atoms with Gasteiger partial charge in [-0.15, -0.1) is 0 Å². The first-order chi connectivity index (χ1) is 8.22. The van der Waals surface area contributed by atoms with Crippen LogP contribution in [0.3, 0.4) is 0 Å². The molecule has 0 aromatic heterocycles. The molecule has 1 amide bonds. The molecule has 0 spiro atoms. The van der Waals surface area contributed by atoms with Crippen LogP contribution in [0.2, 0.25) is 0 Å². The molecule has 0 aliphatic heterocycles. The molecular formula is C13H16FNO2. The number of nitrogens with one attached hydrogen (secondary N) is 1. The number of amides is 1. The van der Waals surface area contributed by atoms with E-state index in [4.69, 9.17) is 5.11 Å². The van der Waals surface area contributed by atoms with E-state index in [9.17, 15) is 9.18 Å². The SMILES string of the molecule is O=C(C=Cc1ccc(F)cc1)NCCCCO. The fourth-order valence-corrected chi connectivity index (χ4v) is 1.25. The maximum absolute atomic E-state index is 12.6. The maximum Gasteiger partial charge on any atom is 0.243 e. The second kappa shape index (κ2) is 7.57. The van der Waals surface area contributed by atoms with Crippen LogP contribution in [0.5, 0.6) is 0 Å². The molecule has 1 aromatic carbocycles. The Morgan fingerprint density at radius 1 is 1.29 bits per heavy atom. The summed E-state index contributed by atoms with van der Waals surface area (Å²) in [4.78, 5) is 11.3. The third-order valence-electron chi connectivity index (χ3n) is 2.18. The Bertz CT molecular complexity index is 374. The summed E-state index contributed by atoms with van der Waals surface area (Å²) in [7, 11) is 0. The highest BCUT2D eigenvalue weighted by Crippen LogP contribution is 2.04. The number of hydrogen-bond donors (Lipinski definition) is 2. The average Bonchev–Trinajstić information content (AvgIpc) is 2.34. The van der Waals surface area contributed by atoms with Gasteiger partial charge in [0.05, 0.1) is 0 Å². The van der Waals surface area contributed by atoms with Gasteiger partial charge < -0.3 is 10.4 Å². The third kappa shape index (κ3) is 5.82. The van der Waals surface area contributed by atoms with E-state index in [-0.39, 0.29) is 18.3 Å². The van der Waals surface area contributed by atoms with Gasteiger partial charge in [0.2, 0.25) is 5.91 Å². The number of rotatable bonds is 6. The highest BCUT2D eigenvalue weighted by molar-refractivity contribution is 5.91. The van der Waals surface area contributed by atoms with E-state index in [0.717, 1.165) is 12.0 Å². The Morgan fingerprint density at radius 3 is 2.65 bits per heavy atom. The normalized spacial score (nSPS) is 10.7. The van der Waals surface area contributed by atoms with E-state index >= 15 is 0 Å². The standard InChI is InChI=1S/C13H16FNO2/c14-12-6-3-11(4-7-12)5-8-13(17)15-9-1-2-10-16/h3-8,16H,1-2,9-10H2,(H,15,17). The molecule has 0 atom stereocenters. The van der Waals surface area contributed by atoms with E-state index in [1.165, 1.54) is 18.2 Å². The third-order valence-corrected chi connectivity index (χ3v) is 2.18. The first-order valence-electron chi connectivity index (χ1n) is 5.54. The molecule has 4 heteroatoms. The molecule has 0 aliphatic carbocycles. The van der Waals surface area contributed by atoms with Gasteiger partial charge in [-0.05, 0) is 36.6 Å². The second-order valence-corrected chi connectivity index (χ2v) is 3.61. The molecular weight excluding hydrogens is 221 g/mol. The van der Waals surface area contributed by atoms with E-state index in [1.54, 1.807) is 18.2 Å². The quantitative estimate of drug-likeness (QED) is 0.584. The summed E-state index contributed by atoms with van der Waals surface area (Å²) < 4.78 is 12.6. The maximum atomic E-state index is 12.6. The van der Waals surface area contributed by atoms with Crippen LogP contribution >= 0.6 is 0 Å². The number of unbranched alkanes of at least 4 members (excludes halogenated alkanes) is 1. The molecule has 1 rings (SSSR count). The average molecular weight is 237 g/mol. The van der Waals surface area contributed by atoms with Crippen LogP contribution in [-0.2, 0) is 4.79 Å². The summed E-state index contributed by atoms with van der Waals surface area (Å²) in [6.45, 7) is 0.689. The van der Waals surface area contributed by atoms with Crippen molar-refractivity contribution >= 4 is 12.0 Å². The largest absolute Gasteiger partial charge is 0.396 e. The molecule has 0 saturated heterocycles. The first kappa shape index (κ1) is 13.4. The molecule has 92 valence electrons. The molecule has 17 heavy (non-hydrogen) atoms. The van der Waals surface area contributed by atoms with E-state index in [0.29, 0.717) is 13.0 Å². The summed E-state index contributed by atoms with van der Waals surface area (Å²) in [6, 6.07) is 5.90. The Balaban J connectivity index is 2.32. The van der Waals surface area contributed by atoms with Crippen LogP contribution in [0.1, 0.15) is 18.4 Å². The van der Waals surface area contributed by atoms with E-state index in [1.807, 2.05) is 0 Å². The smallest absolute Gasteiger partial charge is 0.243 e. The number of benzene rings is 1. The van der Waals surface area contributed by atoms with Gasteiger partial charge in [0, 0.05) is 19.2 Å². The number of halogens is 1. The van der Waals surface area contributed by atoms with Crippen LogP contribution in [0, 0.1) is 5.82 Å². The molecule has 0 radical (unpaired) electrons. The van der Waals surface area contributed by atoms with Crippen molar-refractivity contribution in [3.63, 3.8) is 0 Å². The Morgan fingerprint density at radius 2 is 2.00 bits per heavy atom. The van der Waals surface area contributed by atoms with Gasteiger partial charge in [0.1, 0.15) is 5.82 Å². The van der Waals surface area contributed by atoms with Crippen LogP contribution in [0.15, 0.2) is 30.3 Å². The Labute approximate surface area is 100.0 Å². The van der Waals surface area contributed by atoms with E-state index < -0.39 is 0 Å². The van der Waals surface area contributed by atoms with Crippen LogP contribution in [0.4, 0.5) is 4.39 Å². The van der Waals surface area contributed by atoms with Crippen molar-refractivity contribution in [2.75, 3.05) is 13.2 Å². The van der Waals surface area contributed by atoms with Gasteiger partial charge in [-0.25, -0.2) is 4.39 Å². The zero-order valence-corrected chi connectivity index (χ0v) is 9.53. The summed E-state index contributed by atoms with van der Waals surface area (Å²) >= 11 is 0. The van der Waals surface area contributed by atoms with Crippen molar-refractivity contribution in [2.24, 2.45) is 0 Å². The number of aliphatic hydroxyl groups is 1. The number of carbonyl (C=O) groups excluding carboxylic acids is 1. The predicted octanol–water partition coefficient (Wildman–Crippen LogP) is 1.73. The van der Waals surface area contributed by atoms with Crippen molar-refractivity contribution in [1.82, 2.24) is 5.32 Å². The zero-order valence-electron chi connectivity index (χ0n) is 9.53. The summed E-state index contributed by atoms with van der Waals surface area (Å²) in [5.74, 6) is -0.483. The topological polar surface area (TPSA) is 49.3 Å². The lowest BCUT2D eigenvalue weighted by atomic mass is 10.2. The molecule has 0 fully saturated rings. The van der Waals surface area contributed by atoms with Crippen molar-refractivity contribution in [1.29, 1.82) is 0 Å². The highest BCUT2D eigenvalue weighted by atomic mass is 19.1. The minimum Gasteiger partial charge on any atom is -0.396 e. The molecule has 0 heterocycles. The number of aliphatic hydroxyl groups excluding tert-OH is 1. The second-order valence-electron chi connectivity index (χ2n) is 3.61. The minimum atomic E-state index is -0.296. The first-order valence-corrected chi connectivity index (χ1v) is 5.54. The van der Waals surface area contributed by atoms with Gasteiger partial charge in [-0.2, -0.15) is 0 Å². The highest BCUT2D eigenvalue weighted by Gasteiger charge is 1.94. The lowest BCUT2D eigenvalue weighted by Crippen LogP contribution is -2.22. The number of carbonyl (C=O) groups is 1. The van der Waals surface area contributed by atoms with Crippen LogP contribution in [-0.4, -0.2) is 24.2 Å². The minimum absolute atomic E-state index is 0.140. The monoisotopic (exact) mass is 237 g/mol. The Kier molecular flexibility index (Phi) is 5.96. The van der Waals surface area contributed by atoms with Gasteiger partial charge in [0.15, 0.2) is 0 Å². The van der Waals surface area contributed by atoms with Gasteiger partial charge in [-0.3, -0.25) is 4.79 Å². The zero-order chi connectivity index (χ0) is 12.5. The van der Waals surface area contributed by atoms with Gasteiger partial charge in [0.25, 0.3) is 0 Å². The van der Waals surface area contributed by atoms with E-state index in [2.05, 4.69) is 5.32 Å². The molecule has 2 N–H and O–H groups in total. The summed E-state index contributed by atoms with van der Waals surface area (Å²) in [6.07, 6.45) is 4.47. The van der Waals surface area contributed by atoms with Crippen molar-refractivity contribution < 1.29 is 14.3 Å². The molecule has 0 unspecified atom stereocenters. The molecule has 3 nitrogen and oxygen atoms in total. The molecule has 0 bridgehead atoms. The fourth-order valence-electron chi connectivity index (χ4n) is 1.25. The van der Waals surface area contributed by atoms with Crippen molar-refractivity contribution in [3.8, 4) is 0 Å². The lowest BCUT2D eigenvalue weighted by molar-refractivity contribution is -0.116. The van der Waals surface area contributed by atoms with Crippen molar-refractivity contribution in [3.05, 3.63) is 41.7 Å². The fraction of sp³-hybridized carbons (Fsp3) is 0.308. The van der Waals surface area contributed by atoms with Gasteiger partial charge >= 0.3 is 0 Å². The van der Waals surface area contributed by atoms with Crippen LogP contribution in [0.25, 0.3) is 6.08 Å². The van der Waals surface area contributed by atoms with Crippen LogP contribution < -0.4 is 5.32 Å². The van der Waals surface area contributed by atoms with Gasteiger partial charge in [-0.1, -0.05) is 12.1 Å². The molecule has 1 aromatic rings. The lowest BCUT2D eigenvalue weighted by Gasteiger charge is -2.00. The summed E-state index contributed by atoms with van der Waals surface area (Å²) in [5.41, 5.74) is 0.775. The van der Waals surface area contributed by atoms with Crippen molar-refractivity contribution in [2.45, 2.75) is 12.8 Å². The molecule has 0 saturated carbocycles. The molecule has 0 aliphatic rings. The Hall–Kier alpha value is -1.68. The predicted molar refractivity (Wildman–Crippen MR) is 64.8 cm³/mol. The summed E-state index contributed by atoms with van der Waals surface area (Å²) in [5, 5.41) is 11.2.